The summed E-state index contributed by atoms with van der Waals surface area (Å²) in [6.45, 7) is 3.12. The smallest absolute Gasteiger partial charge is 0.317 e. The van der Waals surface area contributed by atoms with Gasteiger partial charge in [0.05, 0.1) is 12.0 Å². The molecule has 1 aliphatic rings. The summed E-state index contributed by atoms with van der Waals surface area (Å²) in [5, 5.41) is 5.78. The number of carbonyl (C=O) groups excluding carboxylic acids is 2. The number of benzene rings is 2. The predicted octanol–water partition coefficient (Wildman–Crippen LogP) is 4.54. The molecule has 2 aromatic carbocycles. The first-order valence-electron chi connectivity index (χ1n) is 10.8. The van der Waals surface area contributed by atoms with Crippen LogP contribution in [0.15, 0.2) is 48.5 Å². The van der Waals surface area contributed by atoms with Gasteiger partial charge in [0.1, 0.15) is 11.6 Å². The van der Waals surface area contributed by atoms with Crippen molar-refractivity contribution >= 4 is 11.9 Å². The molecule has 1 saturated heterocycles. The maximum atomic E-state index is 13.4. The largest absolute Gasteiger partial charge is 0.352 e. The Kier molecular flexibility index (Phi) is 7.98. The van der Waals surface area contributed by atoms with E-state index >= 15 is 0 Å². The molecule has 1 aliphatic heterocycles. The van der Waals surface area contributed by atoms with Crippen LogP contribution in [0.2, 0.25) is 0 Å². The number of rotatable bonds is 7. The Balaban J connectivity index is 1.67. The molecule has 0 aliphatic carbocycles. The number of piperidine rings is 1. The summed E-state index contributed by atoms with van der Waals surface area (Å²) >= 11 is 0. The quantitative estimate of drug-likeness (QED) is 0.635. The highest BCUT2D eigenvalue weighted by Gasteiger charge is 2.35. The number of carbonyl (C=O) groups is 2. The van der Waals surface area contributed by atoms with Crippen LogP contribution in [0.1, 0.15) is 49.8 Å². The van der Waals surface area contributed by atoms with E-state index in [9.17, 15) is 18.4 Å². The van der Waals surface area contributed by atoms with E-state index in [4.69, 9.17) is 0 Å². The van der Waals surface area contributed by atoms with Crippen LogP contribution in [-0.4, -0.2) is 29.9 Å². The molecule has 1 heterocycles. The average Bonchev–Trinajstić information content (AvgIpc) is 2.78. The third-order valence-corrected chi connectivity index (χ3v) is 5.63. The lowest BCUT2D eigenvalue weighted by Crippen LogP contribution is -2.50. The van der Waals surface area contributed by atoms with Crippen LogP contribution in [0, 0.1) is 17.6 Å². The van der Waals surface area contributed by atoms with Gasteiger partial charge in [0.15, 0.2) is 0 Å². The number of nitrogens with zero attached hydrogens (tertiary/aromatic N) is 1. The maximum absolute atomic E-state index is 13.4. The molecule has 3 amide bonds. The summed E-state index contributed by atoms with van der Waals surface area (Å²) in [5.74, 6) is -1.19. The highest BCUT2D eigenvalue weighted by atomic mass is 19.1. The first-order valence-corrected chi connectivity index (χ1v) is 10.8. The predicted molar refractivity (Wildman–Crippen MR) is 115 cm³/mol. The number of nitrogens with one attached hydrogen (secondary N) is 2. The van der Waals surface area contributed by atoms with Crippen LogP contribution in [0.25, 0.3) is 0 Å². The number of likely N-dealkylation sites (tertiary alicyclic amines) is 1. The van der Waals surface area contributed by atoms with Gasteiger partial charge < -0.3 is 15.5 Å². The first-order chi connectivity index (χ1) is 15.0. The molecule has 0 radical (unpaired) electrons. The van der Waals surface area contributed by atoms with E-state index in [2.05, 4.69) is 10.6 Å². The molecule has 2 N–H and O–H groups in total. The second kappa shape index (κ2) is 10.9. The van der Waals surface area contributed by atoms with E-state index in [0.717, 1.165) is 18.4 Å². The van der Waals surface area contributed by atoms with Gasteiger partial charge >= 0.3 is 6.03 Å². The molecule has 0 spiro atoms. The standard InChI is InChI=1S/C24H29F2N3O2/c1-2-3-13-27-24(31)29-16-19(9-12-22(29)18-7-10-20(25)11-8-18)23(30)28-15-17-5-4-6-21(26)14-17/h4-8,10-11,14,19,22H,2-3,9,12-13,15-16H2,1H3,(H,27,31)(H,28,30)/t19-,22-/m0/s1. The van der Waals surface area contributed by atoms with E-state index in [-0.39, 0.29) is 48.6 Å². The van der Waals surface area contributed by atoms with Gasteiger partial charge in [0, 0.05) is 19.6 Å². The number of hydrogen-bond donors (Lipinski definition) is 2. The minimum atomic E-state index is -0.359. The lowest BCUT2D eigenvalue weighted by molar-refractivity contribution is -0.126. The second-order valence-electron chi connectivity index (χ2n) is 7.93. The average molecular weight is 430 g/mol. The molecule has 0 bridgehead atoms. The molecule has 2 aromatic rings. The lowest BCUT2D eigenvalue weighted by atomic mass is 9.88. The fourth-order valence-electron chi connectivity index (χ4n) is 3.89. The van der Waals surface area contributed by atoms with E-state index < -0.39 is 0 Å². The molecule has 0 aromatic heterocycles. The fourth-order valence-corrected chi connectivity index (χ4v) is 3.89. The Hall–Kier alpha value is -2.96. The van der Waals surface area contributed by atoms with Crippen molar-refractivity contribution in [3.05, 3.63) is 71.3 Å². The van der Waals surface area contributed by atoms with Gasteiger partial charge in [0.25, 0.3) is 0 Å². The summed E-state index contributed by atoms with van der Waals surface area (Å²) < 4.78 is 26.7. The van der Waals surface area contributed by atoms with Gasteiger partial charge in [-0.3, -0.25) is 4.79 Å². The Labute approximate surface area is 181 Å². The topological polar surface area (TPSA) is 61.4 Å². The van der Waals surface area contributed by atoms with E-state index in [1.54, 1.807) is 29.2 Å². The fraction of sp³-hybridized carbons (Fsp3) is 0.417. The van der Waals surface area contributed by atoms with Gasteiger partial charge in [-0.05, 0) is 54.7 Å². The van der Waals surface area contributed by atoms with Gasteiger partial charge in [-0.1, -0.05) is 37.6 Å². The number of urea groups is 1. The van der Waals surface area contributed by atoms with E-state index in [1.807, 2.05) is 6.92 Å². The highest BCUT2D eigenvalue weighted by Crippen LogP contribution is 2.33. The van der Waals surface area contributed by atoms with Crippen molar-refractivity contribution in [2.45, 2.75) is 45.2 Å². The van der Waals surface area contributed by atoms with Crippen LogP contribution in [0.3, 0.4) is 0 Å². The zero-order chi connectivity index (χ0) is 22.2. The van der Waals surface area contributed by atoms with Crippen LogP contribution < -0.4 is 10.6 Å². The molecular weight excluding hydrogens is 400 g/mol. The van der Waals surface area contributed by atoms with Gasteiger partial charge in [0.2, 0.25) is 5.91 Å². The van der Waals surface area contributed by atoms with Crippen molar-refractivity contribution in [2.75, 3.05) is 13.1 Å². The van der Waals surface area contributed by atoms with Crippen LogP contribution in [0.4, 0.5) is 13.6 Å². The zero-order valence-corrected chi connectivity index (χ0v) is 17.7. The third-order valence-electron chi connectivity index (χ3n) is 5.63. The lowest BCUT2D eigenvalue weighted by Gasteiger charge is -2.39. The van der Waals surface area contributed by atoms with Crippen molar-refractivity contribution in [2.24, 2.45) is 5.92 Å². The molecule has 7 heteroatoms. The molecule has 3 rings (SSSR count). The van der Waals surface area contributed by atoms with Crippen molar-refractivity contribution in [3.63, 3.8) is 0 Å². The van der Waals surface area contributed by atoms with E-state index in [0.29, 0.717) is 24.9 Å². The van der Waals surface area contributed by atoms with Crippen molar-refractivity contribution in [1.29, 1.82) is 0 Å². The molecule has 1 fully saturated rings. The third kappa shape index (κ3) is 6.26. The van der Waals surface area contributed by atoms with Gasteiger partial charge in [-0.2, -0.15) is 0 Å². The first kappa shape index (κ1) is 22.7. The van der Waals surface area contributed by atoms with E-state index in [1.165, 1.54) is 24.3 Å². The molecule has 5 nitrogen and oxygen atoms in total. The Bertz CT molecular complexity index is 889. The number of hydrogen-bond acceptors (Lipinski definition) is 2. The van der Waals surface area contributed by atoms with Crippen molar-refractivity contribution < 1.29 is 18.4 Å². The van der Waals surface area contributed by atoms with Crippen LogP contribution >= 0.6 is 0 Å². The molecule has 2 atom stereocenters. The summed E-state index contributed by atoms with van der Waals surface area (Å²) in [6, 6.07) is 11.8. The summed E-state index contributed by atoms with van der Waals surface area (Å²) in [4.78, 5) is 27.3. The Morgan fingerprint density at radius 2 is 1.81 bits per heavy atom. The summed E-state index contributed by atoms with van der Waals surface area (Å²) in [5.41, 5.74) is 1.54. The summed E-state index contributed by atoms with van der Waals surface area (Å²) in [7, 11) is 0. The zero-order valence-electron chi connectivity index (χ0n) is 17.7. The molecule has 0 saturated carbocycles. The monoisotopic (exact) mass is 429 g/mol. The molecular formula is C24H29F2N3O2. The number of unbranched alkanes of at least 4 members (excludes halogenated alkanes) is 1. The van der Waals surface area contributed by atoms with Crippen molar-refractivity contribution in [1.82, 2.24) is 15.5 Å². The summed E-state index contributed by atoms with van der Waals surface area (Å²) in [6.07, 6.45) is 3.05. The molecule has 0 unspecified atom stereocenters. The molecule has 31 heavy (non-hydrogen) atoms. The van der Waals surface area contributed by atoms with Crippen LogP contribution in [0.5, 0.6) is 0 Å². The number of amides is 3. The second-order valence-corrected chi connectivity index (χ2v) is 7.93. The normalized spacial score (nSPS) is 18.5. The Morgan fingerprint density at radius 1 is 1.03 bits per heavy atom. The molecule has 166 valence electrons. The highest BCUT2D eigenvalue weighted by molar-refractivity contribution is 5.81. The maximum Gasteiger partial charge on any atom is 0.317 e. The SMILES string of the molecule is CCCCNC(=O)N1C[C@@H](C(=O)NCc2cccc(F)c2)CC[C@H]1c1ccc(F)cc1. The van der Waals surface area contributed by atoms with Gasteiger partial charge in [-0.15, -0.1) is 0 Å². The minimum absolute atomic E-state index is 0.159. The van der Waals surface area contributed by atoms with Crippen LogP contribution in [-0.2, 0) is 11.3 Å². The Morgan fingerprint density at radius 3 is 2.52 bits per heavy atom. The van der Waals surface area contributed by atoms with Gasteiger partial charge in [-0.25, -0.2) is 13.6 Å². The number of halogens is 2. The minimum Gasteiger partial charge on any atom is -0.352 e. The van der Waals surface area contributed by atoms with Crippen molar-refractivity contribution in [3.8, 4) is 0 Å².